The van der Waals surface area contributed by atoms with Crippen molar-refractivity contribution in [3.05, 3.63) is 102 Å². The van der Waals surface area contributed by atoms with Gasteiger partial charge < -0.3 is 0 Å². The molecule has 1 spiro atoms. The molecule has 0 saturated heterocycles. The van der Waals surface area contributed by atoms with E-state index in [4.69, 9.17) is 5.14 Å². The molecule has 0 atom stereocenters. The fourth-order valence-corrected chi connectivity index (χ4v) is 6.69. The summed E-state index contributed by atoms with van der Waals surface area (Å²) in [6, 6.07) is 22.9. The third-order valence-corrected chi connectivity index (χ3v) is 9.05. The van der Waals surface area contributed by atoms with Crippen LogP contribution in [0.4, 0.5) is 4.39 Å². The Morgan fingerprint density at radius 2 is 1.25 bits per heavy atom. The molecule has 6 nitrogen and oxygen atoms in total. The molecule has 1 saturated carbocycles. The van der Waals surface area contributed by atoms with Crippen molar-refractivity contribution >= 4 is 25.6 Å². The van der Waals surface area contributed by atoms with Gasteiger partial charge in [0.25, 0.3) is 10.0 Å². The van der Waals surface area contributed by atoms with E-state index < -0.39 is 20.0 Å². The summed E-state index contributed by atoms with van der Waals surface area (Å²) in [5.74, 6) is -0.297. The van der Waals surface area contributed by atoms with Crippen LogP contribution in [0.15, 0.2) is 100 Å². The fourth-order valence-electron chi connectivity index (χ4n) is 5.00. The van der Waals surface area contributed by atoms with Crippen LogP contribution in [-0.2, 0) is 20.0 Å². The average Bonchev–Trinajstić information content (AvgIpc) is 3.46. The molecule has 0 aromatic heterocycles. The van der Waals surface area contributed by atoms with E-state index in [0.29, 0.717) is 17.7 Å². The minimum atomic E-state index is -3.67. The van der Waals surface area contributed by atoms with Gasteiger partial charge in [-0.15, -0.1) is 0 Å². The summed E-state index contributed by atoms with van der Waals surface area (Å²) >= 11 is 0. The number of primary sulfonamides is 1. The van der Waals surface area contributed by atoms with Crippen molar-refractivity contribution < 1.29 is 21.2 Å². The summed E-state index contributed by atoms with van der Waals surface area (Å²) in [6.07, 6.45) is 5.86. The van der Waals surface area contributed by atoms with Crippen LogP contribution in [0.25, 0.3) is 5.57 Å². The number of nitrogens with one attached hydrogen (secondary N) is 1. The zero-order valence-electron chi connectivity index (χ0n) is 19.7. The monoisotopic (exact) mass is 528 g/mol. The maximum Gasteiger partial charge on any atom is 0.261 e. The van der Waals surface area contributed by atoms with Gasteiger partial charge >= 0.3 is 0 Å². The first-order chi connectivity index (χ1) is 17.1. The lowest BCUT2D eigenvalue weighted by Crippen LogP contribution is -2.24. The molecule has 190 valence electrons. The maximum atomic E-state index is 14.4. The third-order valence-electron chi connectivity index (χ3n) is 6.71. The smallest absolute Gasteiger partial charge is 0.261 e. The molecule has 36 heavy (non-hydrogen) atoms. The Morgan fingerprint density at radius 1 is 0.722 bits per heavy atom. The van der Waals surface area contributed by atoms with Crippen LogP contribution in [0, 0.1) is 11.2 Å². The lowest BCUT2D eigenvalue weighted by atomic mass is 9.82. The van der Waals surface area contributed by atoms with Crippen molar-refractivity contribution in [3.8, 4) is 0 Å². The Morgan fingerprint density at radius 3 is 1.78 bits per heavy atom. The Labute approximate surface area is 212 Å². The minimum Gasteiger partial charge on any atom is -0.283 e. The summed E-state index contributed by atoms with van der Waals surface area (Å²) in [5.41, 5.74) is 2.05. The lowest BCUT2D eigenvalue weighted by molar-refractivity contribution is 0.319. The molecule has 3 aromatic carbocycles. The van der Waals surface area contributed by atoms with Crippen LogP contribution in [0.5, 0.6) is 0 Å². The quantitative estimate of drug-likeness (QED) is 0.474. The van der Waals surface area contributed by atoms with E-state index in [1.165, 1.54) is 18.2 Å². The molecule has 0 aliphatic heterocycles. The van der Waals surface area contributed by atoms with Gasteiger partial charge in [0.05, 0.1) is 9.79 Å². The highest BCUT2D eigenvalue weighted by atomic mass is 32.2. The van der Waals surface area contributed by atoms with Crippen LogP contribution in [0.2, 0.25) is 0 Å². The number of hydrogen-bond acceptors (Lipinski definition) is 4. The summed E-state index contributed by atoms with van der Waals surface area (Å²) in [6.45, 7) is 0. The maximum absolute atomic E-state index is 14.4. The van der Waals surface area contributed by atoms with Crippen molar-refractivity contribution in [2.45, 2.75) is 48.3 Å². The van der Waals surface area contributed by atoms with Gasteiger partial charge in [0, 0.05) is 11.3 Å². The van der Waals surface area contributed by atoms with Crippen molar-refractivity contribution in [1.82, 2.24) is 4.72 Å². The molecule has 0 amide bonds. The second-order valence-corrected chi connectivity index (χ2v) is 12.5. The molecular formula is C27H29FN2O4S2. The number of sulfonamides is 2. The predicted octanol–water partition coefficient (Wildman–Crippen LogP) is 5.20. The molecule has 2 aliphatic rings. The molecule has 0 unspecified atom stereocenters. The Bertz CT molecular complexity index is 1450. The molecule has 2 aliphatic carbocycles. The standard InChI is InChI=1S/C21H22FNO2S.C6H7NO2S/c22-19-11-5-4-10-17(19)18-14-21(12-6-7-13-21)15-20(18)23-26(24,25)16-8-2-1-3-9-16;7-10(8,9)6-4-2-1-3-5-6/h1-5,8-11,23H,6-7,12-15H2;1-5H,(H2,7,8,9). The molecule has 0 bridgehead atoms. The van der Waals surface area contributed by atoms with Gasteiger partial charge in [-0.2, -0.15) is 0 Å². The van der Waals surface area contributed by atoms with Crippen molar-refractivity contribution in [1.29, 1.82) is 0 Å². The van der Waals surface area contributed by atoms with Gasteiger partial charge in [0.2, 0.25) is 10.0 Å². The lowest BCUT2D eigenvalue weighted by Gasteiger charge is -2.23. The Kier molecular flexibility index (Phi) is 7.63. The first kappa shape index (κ1) is 26.1. The van der Waals surface area contributed by atoms with Crippen molar-refractivity contribution in [2.24, 2.45) is 10.6 Å². The number of nitrogens with two attached hydrogens (primary N) is 1. The highest BCUT2D eigenvalue weighted by molar-refractivity contribution is 7.89. The number of hydrogen-bond donors (Lipinski definition) is 2. The van der Waals surface area contributed by atoms with Gasteiger partial charge in [-0.1, -0.05) is 67.4 Å². The summed E-state index contributed by atoms with van der Waals surface area (Å²) in [4.78, 5) is 0.378. The average molecular weight is 529 g/mol. The van der Waals surface area contributed by atoms with Gasteiger partial charge in [-0.25, -0.2) is 26.4 Å². The van der Waals surface area contributed by atoms with Crippen molar-refractivity contribution in [3.63, 3.8) is 0 Å². The molecule has 3 aromatic rings. The molecule has 1 fully saturated rings. The van der Waals surface area contributed by atoms with E-state index in [0.717, 1.165) is 37.7 Å². The summed E-state index contributed by atoms with van der Waals surface area (Å²) < 4.78 is 64.1. The second kappa shape index (κ2) is 10.5. The van der Waals surface area contributed by atoms with Gasteiger partial charge in [0.15, 0.2) is 0 Å². The molecule has 0 radical (unpaired) electrons. The van der Waals surface area contributed by atoms with E-state index in [-0.39, 0.29) is 21.0 Å². The highest BCUT2D eigenvalue weighted by Gasteiger charge is 2.42. The largest absolute Gasteiger partial charge is 0.283 e. The highest BCUT2D eigenvalue weighted by Crippen LogP contribution is 2.54. The first-order valence-corrected chi connectivity index (χ1v) is 14.8. The first-order valence-electron chi connectivity index (χ1n) is 11.7. The van der Waals surface area contributed by atoms with Crippen LogP contribution in [0.1, 0.15) is 44.1 Å². The van der Waals surface area contributed by atoms with Gasteiger partial charge in [-0.05, 0) is 67.0 Å². The number of allylic oxidation sites excluding steroid dienone is 2. The SMILES string of the molecule is NS(=O)(=O)c1ccccc1.O=S(=O)(NC1=C(c2ccccc2F)CC2(CCCC2)C1)c1ccccc1. The van der Waals surface area contributed by atoms with Crippen LogP contribution < -0.4 is 9.86 Å². The molecule has 5 rings (SSSR count). The van der Waals surface area contributed by atoms with Gasteiger partial charge in [0.1, 0.15) is 5.82 Å². The summed E-state index contributed by atoms with van der Waals surface area (Å²) in [7, 11) is -7.18. The number of halogens is 1. The zero-order valence-corrected chi connectivity index (χ0v) is 21.4. The summed E-state index contributed by atoms with van der Waals surface area (Å²) in [5, 5.41) is 4.83. The zero-order chi connectivity index (χ0) is 25.8. The number of rotatable bonds is 5. The van der Waals surface area contributed by atoms with E-state index in [9.17, 15) is 21.2 Å². The van der Waals surface area contributed by atoms with E-state index in [1.54, 1.807) is 66.7 Å². The van der Waals surface area contributed by atoms with E-state index in [2.05, 4.69) is 4.72 Å². The van der Waals surface area contributed by atoms with Crippen LogP contribution in [-0.4, -0.2) is 16.8 Å². The fraction of sp³-hybridized carbons (Fsp3) is 0.259. The molecular weight excluding hydrogens is 499 g/mol. The van der Waals surface area contributed by atoms with Crippen LogP contribution in [0.3, 0.4) is 0 Å². The van der Waals surface area contributed by atoms with E-state index in [1.807, 2.05) is 0 Å². The minimum absolute atomic E-state index is 0.0756. The Balaban J connectivity index is 0.000000256. The number of benzene rings is 3. The normalized spacial score (nSPS) is 17.1. The Hall–Kier alpha value is -3.01. The van der Waals surface area contributed by atoms with Gasteiger partial charge in [-0.3, -0.25) is 4.72 Å². The van der Waals surface area contributed by atoms with Crippen LogP contribution >= 0.6 is 0 Å². The predicted molar refractivity (Wildman–Crippen MR) is 138 cm³/mol. The second-order valence-electron chi connectivity index (χ2n) is 9.27. The van der Waals surface area contributed by atoms with E-state index >= 15 is 0 Å². The molecule has 3 N–H and O–H groups in total. The molecule has 0 heterocycles. The molecule has 9 heteroatoms. The topological polar surface area (TPSA) is 106 Å². The van der Waals surface area contributed by atoms with Crippen molar-refractivity contribution in [2.75, 3.05) is 0 Å². The third kappa shape index (κ3) is 6.03.